The van der Waals surface area contributed by atoms with Crippen molar-refractivity contribution in [2.45, 2.75) is 13.0 Å². The van der Waals surface area contributed by atoms with E-state index in [0.717, 1.165) is 0 Å². The van der Waals surface area contributed by atoms with Gasteiger partial charge in [0.2, 0.25) is 0 Å². The van der Waals surface area contributed by atoms with Crippen molar-refractivity contribution in [3.63, 3.8) is 0 Å². The molecule has 0 saturated carbocycles. The number of rotatable bonds is 0. The van der Waals surface area contributed by atoms with Crippen LogP contribution in [0.1, 0.15) is 6.92 Å². The van der Waals surface area contributed by atoms with Gasteiger partial charge < -0.3 is 4.90 Å². The van der Waals surface area contributed by atoms with Crippen LogP contribution in [0.4, 0.5) is 0 Å². The van der Waals surface area contributed by atoms with Crippen LogP contribution in [-0.4, -0.2) is 18.0 Å². The van der Waals surface area contributed by atoms with Crippen molar-refractivity contribution in [2.24, 2.45) is 5.92 Å². The van der Waals surface area contributed by atoms with Crippen LogP contribution in [0.3, 0.4) is 0 Å². The second-order valence-electron chi connectivity index (χ2n) is 3.44. The lowest BCUT2D eigenvalue weighted by molar-refractivity contribution is 0.363. The minimum atomic E-state index is 0.585. The minimum Gasteiger partial charge on any atom is -0.373 e. The van der Waals surface area contributed by atoms with Gasteiger partial charge in [-0.2, -0.15) is 0 Å². The van der Waals surface area contributed by atoms with Gasteiger partial charge in [0.25, 0.3) is 0 Å². The first-order chi connectivity index (χ1) is 5.70. The summed E-state index contributed by atoms with van der Waals surface area (Å²) in [7, 11) is 2.15. The molecule has 2 aliphatic rings. The van der Waals surface area contributed by atoms with Gasteiger partial charge in [-0.1, -0.05) is 23.8 Å². The molecule has 12 heavy (non-hydrogen) atoms. The summed E-state index contributed by atoms with van der Waals surface area (Å²) < 4.78 is 1.45. The molecule has 0 radical (unpaired) electrons. The van der Waals surface area contributed by atoms with Crippen LogP contribution in [0, 0.1) is 5.92 Å². The van der Waals surface area contributed by atoms with Gasteiger partial charge in [0.1, 0.15) is 0 Å². The Bertz CT molecular complexity index is 288. The Hall–Kier alpha value is -0.250. The molecule has 0 amide bonds. The molecule has 2 unspecified atom stereocenters. The van der Waals surface area contributed by atoms with Gasteiger partial charge in [0, 0.05) is 13.0 Å². The minimum absolute atomic E-state index is 0.585. The molecule has 0 spiro atoms. The summed E-state index contributed by atoms with van der Waals surface area (Å²) in [4.78, 5) is 2.29. The van der Waals surface area contributed by atoms with Crippen LogP contribution in [-0.2, 0) is 0 Å². The highest BCUT2D eigenvalue weighted by Crippen LogP contribution is 2.37. The molecule has 1 aliphatic carbocycles. The Morgan fingerprint density at radius 2 is 2.17 bits per heavy atom. The molecule has 0 bridgehead atoms. The summed E-state index contributed by atoms with van der Waals surface area (Å²) in [6, 6.07) is 0.585. The van der Waals surface area contributed by atoms with Crippen LogP contribution in [0.5, 0.6) is 0 Å². The van der Waals surface area contributed by atoms with Gasteiger partial charge in [0.15, 0.2) is 0 Å². The zero-order chi connectivity index (χ0) is 8.72. The molecule has 0 N–H and O–H groups in total. The molecule has 0 saturated heterocycles. The van der Waals surface area contributed by atoms with Gasteiger partial charge >= 0.3 is 0 Å². The van der Waals surface area contributed by atoms with E-state index in [9.17, 15) is 0 Å². The monoisotopic (exact) mass is 273 g/mol. The molecule has 0 aromatic carbocycles. The molecule has 2 rings (SSSR count). The summed E-state index contributed by atoms with van der Waals surface area (Å²) >= 11 is 2.43. The van der Waals surface area contributed by atoms with Crippen LogP contribution < -0.4 is 0 Å². The first-order valence-electron chi connectivity index (χ1n) is 4.14. The SMILES string of the molecule is CC1=CC=C(I)C2C=CN(C)C12. The smallest absolute Gasteiger partial charge is 0.0602 e. The Labute approximate surface area is 87.0 Å². The Balaban J connectivity index is 2.37. The van der Waals surface area contributed by atoms with Gasteiger partial charge in [-0.15, -0.1) is 0 Å². The number of fused-ring (bicyclic) bond motifs is 1. The predicted octanol–water partition coefficient (Wildman–Crippen LogP) is 2.71. The third-order valence-corrected chi connectivity index (χ3v) is 3.68. The van der Waals surface area contributed by atoms with Crippen molar-refractivity contribution in [3.05, 3.63) is 33.6 Å². The fraction of sp³-hybridized carbons (Fsp3) is 0.400. The average Bonchev–Trinajstić information content (AvgIpc) is 2.42. The highest BCUT2D eigenvalue weighted by Gasteiger charge is 2.31. The van der Waals surface area contributed by atoms with Gasteiger partial charge in [-0.3, -0.25) is 0 Å². The van der Waals surface area contributed by atoms with E-state index in [1.807, 2.05) is 0 Å². The summed E-state index contributed by atoms with van der Waals surface area (Å²) in [5.74, 6) is 0.612. The first kappa shape index (κ1) is 8.35. The fourth-order valence-corrected chi connectivity index (χ4v) is 2.68. The third-order valence-electron chi connectivity index (χ3n) is 2.60. The number of likely N-dealkylation sites (N-methyl/N-ethyl adjacent to an activating group) is 1. The van der Waals surface area contributed by atoms with Crippen molar-refractivity contribution < 1.29 is 0 Å². The molecular formula is C10H12IN. The molecule has 64 valence electrons. The van der Waals surface area contributed by atoms with Crippen LogP contribution in [0.2, 0.25) is 0 Å². The number of halogens is 1. The number of nitrogens with zero attached hydrogens (tertiary/aromatic N) is 1. The highest BCUT2D eigenvalue weighted by molar-refractivity contribution is 14.1. The van der Waals surface area contributed by atoms with E-state index in [-0.39, 0.29) is 0 Å². The van der Waals surface area contributed by atoms with Crippen LogP contribution in [0.25, 0.3) is 0 Å². The largest absolute Gasteiger partial charge is 0.373 e. The maximum Gasteiger partial charge on any atom is 0.0602 e. The zero-order valence-electron chi connectivity index (χ0n) is 7.29. The molecule has 1 heterocycles. The second kappa shape index (κ2) is 2.91. The summed E-state index contributed by atoms with van der Waals surface area (Å²) in [6.45, 7) is 2.21. The lowest BCUT2D eigenvalue weighted by Crippen LogP contribution is -2.31. The third kappa shape index (κ3) is 1.13. The summed E-state index contributed by atoms with van der Waals surface area (Å²) in [5, 5.41) is 0. The lowest BCUT2D eigenvalue weighted by atomic mass is 9.91. The number of allylic oxidation sites excluding steroid dienone is 2. The lowest BCUT2D eigenvalue weighted by Gasteiger charge is -2.29. The molecular weight excluding hydrogens is 261 g/mol. The Morgan fingerprint density at radius 3 is 2.83 bits per heavy atom. The standard InChI is InChI=1S/C10H12IN/c1-7-3-4-9(11)8-5-6-12(2)10(7)8/h3-6,8,10H,1-2H3. The molecule has 2 heteroatoms. The van der Waals surface area contributed by atoms with Gasteiger partial charge in [-0.25, -0.2) is 0 Å². The van der Waals surface area contributed by atoms with Crippen molar-refractivity contribution >= 4 is 22.6 Å². The predicted molar refractivity (Wildman–Crippen MR) is 60.0 cm³/mol. The average molecular weight is 273 g/mol. The van der Waals surface area contributed by atoms with E-state index in [4.69, 9.17) is 0 Å². The van der Waals surface area contributed by atoms with Crippen molar-refractivity contribution in [1.82, 2.24) is 4.90 Å². The molecule has 0 fully saturated rings. The summed E-state index contributed by atoms with van der Waals surface area (Å²) in [5.41, 5.74) is 1.47. The van der Waals surface area contributed by atoms with Crippen molar-refractivity contribution in [3.8, 4) is 0 Å². The van der Waals surface area contributed by atoms with E-state index in [0.29, 0.717) is 12.0 Å². The fourth-order valence-electron chi connectivity index (χ4n) is 1.95. The van der Waals surface area contributed by atoms with Crippen molar-refractivity contribution in [2.75, 3.05) is 7.05 Å². The topological polar surface area (TPSA) is 3.24 Å². The van der Waals surface area contributed by atoms with Crippen LogP contribution in [0.15, 0.2) is 33.6 Å². The molecule has 1 aliphatic heterocycles. The maximum absolute atomic E-state index is 2.43. The molecule has 1 nitrogen and oxygen atoms in total. The van der Waals surface area contributed by atoms with E-state index < -0.39 is 0 Å². The number of hydrogen-bond donors (Lipinski definition) is 0. The first-order valence-corrected chi connectivity index (χ1v) is 5.22. The van der Waals surface area contributed by atoms with Crippen LogP contribution >= 0.6 is 22.6 Å². The quantitative estimate of drug-likeness (QED) is 0.613. The zero-order valence-corrected chi connectivity index (χ0v) is 9.45. The maximum atomic E-state index is 2.43. The normalized spacial score (nSPS) is 33.1. The Morgan fingerprint density at radius 1 is 1.42 bits per heavy atom. The molecule has 2 atom stereocenters. The summed E-state index contributed by atoms with van der Waals surface area (Å²) in [6.07, 6.45) is 8.93. The van der Waals surface area contributed by atoms with E-state index >= 15 is 0 Å². The highest BCUT2D eigenvalue weighted by atomic mass is 127. The second-order valence-corrected chi connectivity index (χ2v) is 4.69. The van der Waals surface area contributed by atoms with Crippen molar-refractivity contribution in [1.29, 1.82) is 0 Å². The Kier molecular flexibility index (Phi) is 2.02. The molecule has 0 aromatic heterocycles. The van der Waals surface area contributed by atoms with E-state index in [1.165, 1.54) is 9.15 Å². The van der Waals surface area contributed by atoms with Gasteiger partial charge in [-0.05, 0) is 39.3 Å². The van der Waals surface area contributed by atoms with E-state index in [2.05, 4.69) is 65.9 Å². The molecule has 0 aromatic rings. The number of hydrogen-bond acceptors (Lipinski definition) is 1. The van der Waals surface area contributed by atoms with E-state index in [1.54, 1.807) is 0 Å². The van der Waals surface area contributed by atoms with Gasteiger partial charge in [0.05, 0.1) is 6.04 Å².